The largest absolute Gasteiger partial charge is 0.219 e. The lowest BCUT2D eigenvalue weighted by molar-refractivity contribution is 1.03. The lowest BCUT2D eigenvalue weighted by atomic mass is 10.1. The number of rotatable bonds is 4. The molecule has 88 valence electrons. The fourth-order valence-corrected chi connectivity index (χ4v) is 2.44. The van der Waals surface area contributed by atoms with Crippen molar-refractivity contribution in [1.29, 1.82) is 0 Å². The van der Waals surface area contributed by atoms with Crippen LogP contribution in [0.3, 0.4) is 0 Å². The van der Waals surface area contributed by atoms with Crippen molar-refractivity contribution in [2.24, 2.45) is 4.40 Å². The van der Waals surface area contributed by atoms with E-state index in [1.54, 1.807) is 0 Å². The Kier molecular flexibility index (Phi) is 5.08. The lowest BCUT2D eigenvalue weighted by Gasteiger charge is -2.00. The minimum Gasteiger partial charge on any atom is -0.219 e. The van der Waals surface area contributed by atoms with Gasteiger partial charge in [-0.25, -0.2) is 4.40 Å². The molecule has 0 N–H and O–H groups in total. The van der Waals surface area contributed by atoms with Gasteiger partial charge in [0.25, 0.3) is 0 Å². The average molecular weight is 308 g/mol. The van der Waals surface area contributed by atoms with Crippen molar-refractivity contribution in [2.75, 3.05) is 0 Å². The second kappa shape index (κ2) is 6.82. The highest BCUT2D eigenvalue weighted by Gasteiger charge is 1.95. The third-order valence-electron chi connectivity index (χ3n) is 2.46. The summed E-state index contributed by atoms with van der Waals surface area (Å²) in [4.78, 5) is 1.17. The van der Waals surface area contributed by atoms with Gasteiger partial charge in [-0.2, -0.15) is 0 Å². The van der Waals surface area contributed by atoms with E-state index in [9.17, 15) is 0 Å². The van der Waals surface area contributed by atoms with Crippen LogP contribution in [0.5, 0.6) is 0 Å². The summed E-state index contributed by atoms with van der Waals surface area (Å²) in [5, 5.41) is 0.902. The summed E-state index contributed by atoms with van der Waals surface area (Å²) in [5.41, 5.74) is 2.50. The molecule has 1 aliphatic rings. The van der Waals surface area contributed by atoms with Crippen molar-refractivity contribution in [2.45, 2.75) is 23.1 Å². The van der Waals surface area contributed by atoms with Crippen LogP contribution in [-0.4, -0.2) is 6.21 Å². The van der Waals surface area contributed by atoms with E-state index in [4.69, 9.17) is 0 Å². The Bertz CT molecular complexity index is 446. The molecule has 0 saturated heterocycles. The van der Waals surface area contributed by atoms with Gasteiger partial charge in [-0.1, -0.05) is 46.3 Å². The van der Waals surface area contributed by atoms with Crippen molar-refractivity contribution in [3.05, 3.63) is 53.6 Å². The second-order valence-corrected chi connectivity index (χ2v) is 5.21. The summed E-state index contributed by atoms with van der Waals surface area (Å²) in [5.74, 6) is 0. The summed E-state index contributed by atoms with van der Waals surface area (Å²) < 4.78 is 4.38. The summed E-state index contributed by atoms with van der Waals surface area (Å²) in [6, 6.07) is 8.44. The van der Waals surface area contributed by atoms with E-state index in [-0.39, 0.29) is 0 Å². The molecule has 0 aliphatic heterocycles. The molecule has 0 bridgehead atoms. The molecular weight excluding hydrogens is 294 g/mol. The Morgan fingerprint density at radius 3 is 2.71 bits per heavy atom. The number of hydrogen-bond donors (Lipinski definition) is 0. The van der Waals surface area contributed by atoms with Gasteiger partial charge in [0.1, 0.15) is 0 Å². The Morgan fingerprint density at radius 2 is 2.06 bits per heavy atom. The van der Waals surface area contributed by atoms with Crippen molar-refractivity contribution < 1.29 is 0 Å². The number of hydrogen-bond acceptors (Lipinski definition) is 2. The van der Waals surface area contributed by atoms with Gasteiger partial charge in [0.15, 0.2) is 0 Å². The lowest BCUT2D eigenvalue weighted by Crippen LogP contribution is -1.84. The molecule has 3 heteroatoms. The van der Waals surface area contributed by atoms with Crippen LogP contribution >= 0.6 is 27.9 Å². The maximum Gasteiger partial charge on any atom is 0.0424 e. The molecule has 1 aromatic rings. The molecular formula is C14H14BrNS. The smallest absolute Gasteiger partial charge is 0.0424 e. The first-order valence-electron chi connectivity index (χ1n) is 5.60. The number of nitrogens with zero attached hydrogens (tertiary/aromatic N) is 1. The molecule has 0 unspecified atom stereocenters. The summed E-state index contributed by atoms with van der Waals surface area (Å²) in [6.45, 7) is 0. The van der Waals surface area contributed by atoms with Gasteiger partial charge >= 0.3 is 0 Å². The number of halogens is 1. The average Bonchev–Trinajstić information content (AvgIpc) is 2.41. The van der Waals surface area contributed by atoms with Crippen LogP contribution in [0.2, 0.25) is 0 Å². The Balaban J connectivity index is 1.90. The molecule has 1 aromatic carbocycles. The Labute approximate surface area is 115 Å². The number of allylic oxidation sites excluding steroid dienone is 4. The van der Waals surface area contributed by atoms with Crippen LogP contribution in [0.15, 0.2) is 57.4 Å². The van der Waals surface area contributed by atoms with Crippen LogP contribution in [0.1, 0.15) is 18.4 Å². The van der Waals surface area contributed by atoms with Gasteiger partial charge in [-0.3, -0.25) is 0 Å². The summed E-state index contributed by atoms with van der Waals surface area (Å²) >= 11 is 4.95. The zero-order valence-electron chi connectivity index (χ0n) is 9.47. The highest BCUT2D eigenvalue weighted by atomic mass is 79.9. The fraction of sp³-hybridized carbons (Fsp3) is 0.214. The zero-order chi connectivity index (χ0) is 11.9. The molecule has 0 saturated carbocycles. The van der Waals surface area contributed by atoms with Gasteiger partial charge in [-0.05, 0) is 36.1 Å². The van der Waals surface area contributed by atoms with Gasteiger partial charge in [0.2, 0.25) is 0 Å². The molecule has 0 aromatic heterocycles. The maximum absolute atomic E-state index is 4.38. The summed E-state index contributed by atoms with van der Waals surface area (Å²) in [7, 11) is 0. The Hall–Kier alpha value is -0.800. The van der Waals surface area contributed by atoms with Gasteiger partial charge in [0.05, 0.1) is 0 Å². The van der Waals surface area contributed by atoms with E-state index in [0.29, 0.717) is 0 Å². The second-order valence-electron chi connectivity index (χ2n) is 3.79. The van der Waals surface area contributed by atoms with Crippen LogP contribution in [0.4, 0.5) is 0 Å². The molecule has 0 radical (unpaired) electrons. The normalized spacial score (nSPS) is 15.2. The van der Waals surface area contributed by atoms with Gasteiger partial charge < -0.3 is 0 Å². The molecule has 1 nitrogen and oxygen atoms in total. The zero-order valence-corrected chi connectivity index (χ0v) is 11.9. The highest BCUT2D eigenvalue weighted by Crippen LogP contribution is 2.20. The van der Waals surface area contributed by atoms with E-state index in [1.165, 1.54) is 28.0 Å². The maximum atomic E-state index is 4.38. The predicted octanol–water partition coefficient (Wildman–Crippen LogP) is 4.94. The topological polar surface area (TPSA) is 12.4 Å². The molecule has 1 aliphatic carbocycles. The van der Waals surface area contributed by atoms with Crippen molar-refractivity contribution in [3.8, 4) is 0 Å². The summed E-state index contributed by atoms with van der Waals surface area (Å²) in [6.07, 6.45) is 10.7. The molecule has 0 heterocycles. The highest BCUT2D eigenvalue weighted by molar-refractivity contribution is 9.08. The molecule has 17 heavy (non-hydrogen) atoms. The first kappa shape index (κ1) is 12.7. The molecule has 0 amide bonds. The monoisotopic (exact) mass is 307 g/mol. The van der Waals surface area contributed by atoms with E-state index in [1.807, 2.05) is 6.21 Å². The van der Waals surface area contributed by atoms with Gasteiger partial charge in [-0.15, -0.1) is 0 Å². The van der Waals surface area contributed by atoms with Crippen LogP contribution < -0.4 is 0 Å². The van der Waals surface area contributed by atoms with Crippen LogP contribution in [-0.2, 0) is 5.33 Å². The molecule has 2 rings (SSSR count). The predicted molar refractivity (Wildman–Crippen MR) is 79.9 cm³/mol. The van der Waals surface area contributed by atoms with E-state index in [0.717, 1.165) is 18.2 Å². The van der Waals surface area contributed by atoms with Crippen molar-refractivity contribution >= 4 is 34.1 Å². The minimum atomic E-state index is 0.902. The third kappa shape index (κ3) is 4.17. The Morgan fingerprint density at radius 1 is 1.24 bits per heavy atom. The van der Waals surface area contributed by atoms with Crippen LogP contribution in [0.25, 0.3) is 0 Å². The SMILES string of the molecule is BrCc1ccc(S/N=C/C2=CCCC=C2)cc1. The van der Waals surface area contributed by atoms with E-state index >= 15 is 0 Å². The van der Waals surface area contributed by atoms with Crippen molar-refractivity contribution in [1.82, 2.24) is 0 Å². The van der Waals surface area contributed by atoms with E-state index in [2.05, 4.69) is 62.8 Å². The van der Waals surface area contributed by atoms with Gasteiger partial charge in [0, 0.05) is 28.4 Å². The molecule has 0 spiro atoms. The number of benzene rings is 1. The van der Waals surface area contributed by atoms with Crippen LogP contribution in [0, 0.1) is 0 Å². The first-order chi connectivity index (χ1) is 8.38. The quantitative estimate of drug-likeness (QED) is 0.436. The van der Waals surface area contributed by atoms with Crippen molar-refractivity contribution in [3.63, 3.8) is 0 Å². The standard InChI is InChI=1S/C14H14BrNS/c15-10-12-6-8-14(9-7-12)17-16-11-13-4-2-1-3-5-13/h2,4-9,11H,1,3,10H2/b16-11+. The fourth-order valence-electron chi connectivity index (χ4n) is 1.52. The number of alkyl halides is 1. The molecule has 0 atom stereocenters. The molecule has 0 fully saturated rings. The third-order valence-corrected chi connectivity index (χ3v) is 3.80. The minimum absolute atomic E-state index is 0.902. The van der Waals surface area contributed by atoms with E-state index < -0.39 is 0 Å². The first-order valence-corrected chi connectivity index (χ1v) is 7.50.